The molecule has 0 bridgehead atoms. The van der Waals surface area contributed by atoms with E-state index in [-0.39, 0.29) is 12.0 Å². The molecule has 5 rings (SSSR count). The lowest BCUT2D eigenvalue weighted by Crippen LogP contribution is -2.49. The first-order valence-corrected chi connectivity index (χ1v) is 10.9. The van der Waals surface area contributed by atoms with Crippen LogP contribution in [0.25, 0.3) is 10.9 Å². The van der Waals surface area contributed by atoms with Gasteiger partial charge in [-0.05, 0) is 56.5 Å². The first kappa shape index (κ1) is 18.2. The van der Waals surface area contributed by atoms with E-state index in [4.69, 9.17) is 4.74 Å². The van der Waals surface area contributed by atoms with Crippen LogP contribution < -0.4 is 5.32 Å². The summed E-state index contributed by atoms with van der Waals surface area (Å²) in [5.41, 5.74) is 4.17. The molecule has 5 nitrogen and oxygen atoms in total. The molecule has 2 N–H and O–H groups in total. The summed E-state index contributed by atoms with van der Waals surface area (Å²) in [6.45, 7) is 2.47. The number of benzene rings is 1. The van der Waals surface area contributed by atoms with Gasteiger partial charge in [-0.15, -0.1) is 0 Å². The molecule has 4 atom stereocenters. The number of hydrogen-bond donors (Lipinski definition) is 2. The van der Waals surface area contributed by atoms with Crippen molar-refractivity contribution in [1.82, 2.24) is 15.2 Å². The number of piperidine rings is 1. The number of fused-ring (bicyclic) bond motifs is 2. The molecule has 0 amide bonds. The van der Waals surface area contributed by atoms with Gasteiger partial charge < -0.3 is 19.9 Å². The zero-order valence-electron chi connectivity index (χ0n) is 16.7. The number of rotatable bonds is 3. The summed E-state index contributed by atoms with van der Waals surface area (Å²) in [4.78, 5) is 18.5. The molecule has 2 unspecified atom stereocenters. The lowest BCUT2D eigenvalue weighted by molar-refractivity contribution is -0.148. The number of nitrogens with zero attached hydrogens (tertiary/aromatic N) is 1. The maximum Gasteiger partial charge on any atom is 0.323 e. The fourth-order valence-corrected chi connectivity index (χ4v) is 5.71. The highest BCUT2D eigenvalue weighted by atomic mass is 16.5. The number of hydrogen-bond acceptors (Lipinski definition) is 4. The second-order valence-corrected chi connectivity index (χ2v) is 8.99. The van der Waals surface area contributed by atoms with Crippen LogP contribution in [-0.2, 0) is 16.0 Å². The minimum Gasteiger partial charge on any atom is -0.464 e. The van der Waals surface area contributed by atoms with Gasteiger partial charge in [-0.2, -0.15) is 0 Å². The molecule has 0 spiro atoms. The number of likely N-dealkylation sites (N-methyl/N-ethyl adjacent to an activating group) is 1. The van der Waals surface area contributed by atoms with E-state index < -0.39 is 0 Å². The van der Waals surface area contributed by atoms with Gasteiger partial charge in [-0.25, -0.2) is 0 Å². The highest BCUT2D eigenvalue weighted by molar-refractivity contribution is 5.88. The molecule has 1 aromatic carbocycles. The quantitative estimate of drug-likeness (QED) is 0.802. The molecule has 150 valence electrons. The highest BCUT2D eigenvalue weighted by Gasteiger charge is 2.39. The molecule has 2 aromatic rings. The van der Waals surface area contributed by atoms with Crippen LogP contribution in [0.1, 0.15) is 49.1 Å². The number of nitrogens with one attached hydrogen (secondary N) is 2. The summed E-state index contributed by atoms with van der Waals surface area (Å²) in [5.74, 6) is 0.868. The molecular weight excluding hydrogens is 350 g/mol. The minimum absolute atomic E-state index is 0.0506. The maximum absolute atomic E-state index is 12.5. The van der Waals surface area contributed by atoms with Crippen molar-refractivity contribution in [3.05, 3.63) is 35.5 Å². The molecule has 1 aromatic heterocycles. The van der Waals surface area contributed by atoms with Gasteiger partial charge in [0.15, 0.2) is 0 Å². The monoisotopic (exact) mass is 381 g/mol. The van der Waals surface area contributed by atoms with Crippen molar-refractivity contribution >= 4 is 16.9 Å². The number of carbonyl (C=O) groups is 1. The SMILES string of the molecule is CN1C[C@H](COC(=O)C2CCCCCN2)CC2c3cccc4[nH]cc(c34)C[C@H]21. The van der Waals surface area contributed by atoms with Gasteiger partial charge in [0.25, 0.3) is 0 Å². The third-order valence-electron chi connectivity index (χ3n) is 7.12. The summed E-state index contributed by atoms with van der Waals surface area (Å²) in [5, 5.41) is 4.78. The Morgan fingerprint density at radius 1 is 1.29 bits per heavy atom. The maximum atomic E-state index is 12.5. The Morgan fingerprint density at radius 2 is 2.21 bits per heavy atom. The van der Waals surface area contributed by atoms with E-state index in [0.717, 1.165) is 45.2 Å². The Morgan fingerprint density at radius 3 is 3.14 bits per heavy atom. The Labute approximate surface area is 166 Å². The summed E-state index contributed by atoms with van der Waals surface area (Å²) < 4.78 is 5.80. The van der Waals surface area contributed by atoms with Gasteiger partial charge in [0.1, 0.15) is 6.04 Å². The third-order valence-corrected chi connectivity index (χ3v) is 7.12. The van der Waals surface area contributed by atoms with Crippen molar-refractivity contribution in [2.45, 2.75) is 56.5 Å². The van der Waals surface area contributed by atoms with Crippen molar-refractivity contribution in [2.75, 3.05) is 26.7 Å². The van der Waals surface area contributed by atoms with E-state index in [9.17, 15) is 4.79 Å². The zero-order valence-corrected chi connectivity index (χ0v) is 16.7. The van der Waals surface area contributed by atoms with Crippen molar-refractivity contribution < 1.29 is 9.53 Å². The molecule has 28 heavy (non-hydrogen) atoms. The van der Waals surface area contributed by atoms with E-state index in [1.54, 1.807) is 0 Å². The molecule has 3 heterocycles. The fraction of sp³-hybridized carbons (Fsp3) is 0.609. The molecule has 2 fully saturated rings. The van der Waals surface area contributed by atoms with Gasteiger partial charge in [-0.1, -0.05) is 25.0 Å². The van der Waals surface area contributed by atoms with Crippen molar-refractivity contribution in [3.8, 4) is 0 Å². The first-order valence-electron chi connectivity index (χ1n) is 10.9. The van der Waals surface area contributed by atoms with Crippen LogP contribution in [0.4, 0.5) is 0 Å². The van der Waals surface area contributed by atoms with Crippen LogP contribution in [0, 0.1) is 5.92 Å². The van der Waals surface area contributed by atoms with Crippen molar-refractivity contribution in [3.63, 3.8) is 0 Å². The predicted molar refractivity (Wildman–Crippen MR) is 110 cm³/mol. The second kappa shape index (κ2) is 7.53. The second-order valence-electron chi connectivity index (χ2n) is 8.99. The van der Waals surface area contributed by atoms with Crippen molar-refractivity contribution in [2.24, 2.45) is 5.92 Å². The average Bonchev–Trinajstić information content (AvgIpc) is 2.94. The number of H-pyrrole nitrogens is 1. The molecule has 2 saturated heterocycles. The van der Waals surface area contributed by atoms with Gasteiger partial charge in [-0.3, -0.25) is 4.79 Å². The topological polar surface area (TPSA) is 57.4 Å². The fourth-order valence-electron chi connectivity index (χ4n) is 5.71. The first-order chi connectivity index (χ1) is 13.7. The molecule has 2 aliphatic heterocycles. The van der Waals surface area contributed by atoms with Gasteiger partial charge in [0, 0.05) is 41.5 Å². The number of carbonyl (C=O) groups excluding carboxylic acids is 1. The molecule has 1 aliphatic carbocycles. The number of esters is 1. The Kier molecular flexibility index (Phi) is 4.89. The summed E-state index contributed by atoms with van der Waals surface area (Å²) in [6.07, 6.45) is 8.79. The molecule has 5 heteroatoms. The van der Waals surface area contributed by atoms with Gasteiger partial charge in [0.05, 0.1) is 6.61 Å². The Balaban J connectivity index is 1.28. The van der Waals surface area contributed by atoms with Crippen LogP contribution in [0.5, 0.6) is 0 Å². The van der Waals surface area contributed by atoms with Crippen LogP contribution in [-0.4, -0.2) is 54.7 Å². The molecule has 0 saturated carbocycles. The molecule has 3 aliphatic rings. The number of aromatic nitrogens is 1. The lowest BCUT2D eigenvalue weighted by atomic mass is 9.72. The largest absolute Gasteiger partial charge is 0.464 e. The number of ether oxygens (including phenoxy) is 1. The summed E-state index contributed by atoms with van der Waals surface area (Å²) >= 11 is 0. The van der Waals surface area contributed by atoms with Gasteiger partial charge >= 0.3 is 5.97 Å². The Hall–Kier alpha value is -1.85. The van der Waals surface area contributed by atoms with E-state index in [1.165, 1.54) is 28.5 Å². The standard InChI is InChI=1S/C23H31N3O2/c1-26-13-15(14-28-23(27)20-7-3-2-4-9-24-20)10-18-17-6-5-8-19-22(17)16(12-25-19)11-21(18)26/h5-6,8,12,15,18,20-21,24-25H,2-4,7,9-11,13-14H2,1H3/t15-,18?,20?,21-/m1/s1. The van der Waals surface area contributed by atoms with Crippen LogP contribution >= 0.6 is 0 Å². The normalized spacial score (nSPS) is 30.6. The minimum atomic E-state index is -0.109. The van der Waals surface area contributed by atoms with E-state index >= 15 is 0 Å². The average molecular weight is 382 g/mol. The molecule has 0 radical (unpaired) electrons. The zero-order chi connectivity index (χ0) is 19.1. The lowest BCUT2D eigenvalue weighted by Gasteiger charge is -2.45. The van der Waals surface area contributed by atoms with Crippen LogP contribution in [0.15, 0.2) is 24.4 Å². The van der Waals surface area contributed by atoms with Gasteiger partial charge in [0.2, 0.25) is 0 Å². The highest BCUT2D eigenvalue weighted by Crippen LogP contribution is 2.44. The number of aromatic amines is 1. The Bertz CT molecular complexity index is 853. The van der Waals surface area contributed by atoms with E-state index in [1.807, 2.05) is 0 Å². The summed E-state index contributed by atoms with van der Waals surface area (Å²) in [6, 6.07) is 7.08. The van der Waals surface area contributed by atoms with Crippen LogP contribution in [0.3, 0.4) is 0 Å². The van der Waals surface area contributed by atoms with Crippen LogP contribution in [0.2, 0.25) is 0 Å². The van der Waals surface area contributed by atoms with E-state index in [2.05, 4.69) is 46.6 Å². The van der Waals surface area contributed by atoms with Crippen molar-refractivity contribution in [1.29, 1.82) is 0 Å². The third kappa shape index (κ3) is 3.25. The number of likely N-dealkylation sites (tertiary alicyclic amines) is 1. The van der Waals surface area contributed by atoms with E-state index in [0.29, 0.717) is 24.5 Å². The predicted octanol–water partition coefficient (Wildman–Crippen LogP) is 3.20. The smallest absolute Gasteiger partial charge is 0.323 e. The summed E-state index contributed by atoms with van der Waals surface area (Å²) in [7, 11) is 2.23. The molecular formula is C23H31N3O2.